The van der Waals surface area contributed by atoms with Crippen molar-refractivity contribution in [2.45, 2.75) is 11.9 Å². The number of rotatable bonds is 4. The standard InChI is InChI=1S/C23H20N4O3S/c1-15(28)16-4-8-18(9-5-16)25-21(29)17-6-10-19(11-7-17)26-23(30)27-13-14-31-22-20(27)3-2-12-24-22/h2-12H,13-14H2,1H3,(H,25,29)(H,26,30). The lowest BCUT2D eigenvalue weighted by molar-refractivity contribution is 0.101. The number of benzene rings is 2. The van der Waals surface area contributed by atoms with Crippen LogP contribution in [0.25, 0.3) is 0 Å². The third-order valence-corrected chi connectivity index (χ3v) is 5.76. The van der Waals surface area contributed by atoms with E-state index in [0.717, 1.165) is 16.5 Å². The van der Waals surface area contributed by atoms with Crippen LogP contribution in [0.15, 0.2) is 71.9 Å². The number of Topliss-reactive ketones (excluding diaryl/α,β-unsaturated/α-hetero) is 1. The van der Waals surface area contributed by atoms with Gasteiger partial charge in [0.15, 0.2) is 5.78 Å². The monoisotopic (exact) mass is 432 g/mol. The number of hydrogen-bond acceptors (Lipinski definition) is 5. The van der Waals surface area contributed by atoms with Crippen molar-refractivity contribution in [1.29, 1.82) is 0 Å². The fourth-order valence-electron chi connectivity index (χ4n) is 3.15. The van der Waals surface area contributed by atoms with Crippen LogP contribution in [0, 0.1) is 0 Å². The minimum atomic E-state index is -0.276. The molecule has 1 aliphatic rings. The van der Waals surface area contributed by atoms with Crippen LogP contribution in [0.2, 0.25) is 0 Å². The second-order valence-corrected chi connectivity index (χ2v) is 8.01. The Morgan fingerprint density at radius 3 is 2.23 bits per heavy atom. The minimum Gasteiger partial charge on any atom is -0.322 e. The molecule has 0 unspecified atom stereocenters. The Morgan fingerprint density at radius 1 is 0.903 bits per heavy atom. The first kappa shape index (κ1) is 20.6. The molecule has 0 saturated heterocycles. The number of carbonyl (C=O) groups is 3. The van der Waals surface area contributed by atoms with Gasteiger partial charge in [-0.2, -0.15) is 0 Å². The fraction of sp³-hybridized carbons (Fsp3) is 0.130. The summed E-state index contributed by atoms with van der Waals surface area (Å²) in [6.07, 6.45) is 1.72. The molecular formula is C23H20N4O3S. The number of aromatic nitrogens is 1. The summed E-state index contributed by atoms with van der Waals surface area (Å²) in [5.74, 6) is 0.476. The smallest absolute Gasteiger partial charge is 0.322 e. The van der Waals surface area contributed by atoms with Crippen molar-refractivity contribution in [3.63, 3.8) is 0 Å². The highest BCUT2D eigenvalue weighted by Crippen LogP contribution is 2.32. The molecular weight excluding hydrogens is 412 g/mol. The third kappa shape index (κ3) is 4.75. The lowest BCUT2D eigenvalue weighted by Crippen LogP contribution is -2.38. The van der Waals surface area contributed by atoms with Gasteiger partial charge in [0.2, 0.25) is 0 Å². The van der Waals surface area contributed by atoms with Gasteiger partial charge in [0.25, 0.3) is 5.91 Å². The Bertz CT molecular complexity index is 1130. The van der Waals surface area contributed by atoms with Gasteiger partial charge in [-0.25, -0.2) is 9.78 Å². The maximum Gasteiger partial charge on any atom is 0.326 e. The number of anilines is 3. The molecule has 0 fully saturated rings. The molecule has 31 heavy (non-hydrogen) atoms. The highest BCUT2D eigenvalue weighted by atomic mass is 32.2. The van der Waals surface area contributed by atoms with Crippen molar-refractivity contribution in [2.75, 3.05) is 27.8 Å². The third-order valence-electron chi connectivity index (χ3n) is 4.79. The van der Waals surface area contributed by atoms with Crippen molar-refractivity contribution in [3.8, 4) is 0 Å². The Balaban J connectivity index is 1.39. The van der Waals surface area contributed by atoms with Crippen LogP contribution >= 0.6 is 11.8 Å². The zero-order valence-corrected chi connectivity index (χ0v) is 17.6. The van der Waals surface area contributed by atoms with Gasteiger partial charge in [-0.1, -0.05) is 0 Å². The summed E-state index contributed by atoms with van der Waals surface area (Å²) < 4.78 is 0. The molecule has 8 heteroatoms. The number of amides is 3. The number of pyridine rings is 1. The zero-order valence-electron chi connectivity index (χ0n) is 16.8. The summed E-state index contributed by atoms with van der Waals surface area (Å²) in [6.45, 7) is 2.09. The summed E-state index contributed by atoms with van der Waals surface area (Å²) in [5.41, 5.74) is 3.03. The Kier molecular flexibility index (Phi) is 5.99. The zero-order chi connectivity index (χ0) is 21.8. The van der Waals surface area contributed by atoms with E-state index in [4.69, 9.17) is 0 Å². The Hall–Kier alpha value is -3.65. The highest BCUT2D eigenvalue weighted by Gasteiger charge is 2.23. The van der Waals surface area contributed by atoms with Gasteiger partial charge >= 0.3 is 6.03 Å². The van der Waals surface area contributed by atoms with Crippen molar-refractivity contribution in [2.24, 2.45) is 0 Å². The molecule has 0 bridgehead atoms. The summed E-state index contributed by atoms with van der Waals surface area (Å²) in [6, 6.07) is 16.8. The van der Waals surface area contributed by atoms with Crippen LogP contribution in [-0.4, -0.2) is 35.0 Å². The first-order chi connectivity index (χ1) is 15.0. The average Bonchev–Trinajstić information content (AvgIpc) is 2.79. The average molecular weight is 433 g/mol. The molecule has 0 atom stereocenters. The van der Waals surface area contributed by atoms with Crippen LogP contribution < -0.4 is 15.5 Å². The first-order valence-electron chi connectivity index (χ1n) is 9.70. The molecule has 0 saturated carbocycles. The Morgan fingerprint density at radius 2 is 1.55 bits per heavy atom. The van der Waals surface area contributed by atoms with Gasteiger partial charge < -0.3 is 10.6 Å². The molecule has 3 amide bonds. The van der Waals surface area contributed by atoms with E-state index in [1.54, 1.807) is 71.4 Å². The number of ketones is 1. The molecule has 7 nitrogen and oxygen atoms in total. The predicted molar refractivity (Wildman–Crippen MR) is 122 cm³/mol. The quantitative estimate of drug-likeness (QED) is 0.584. The minimum absolute atomic E-state index is 0.0291. The summed E-state index contributed by atoms with van der Waals surface area (Å²) in [4.78, 5) is 42.5. The van der Waals surface area contributed by atoms with E-state index in [0.29, 0.717) is 29.0 Å². The summed E-state index contributed by atoms with van der Waals surface area (Å²) in [7, 11) is 0. The van der Waals surface area contributed by atoms with Gasteiger partial charge in [-0.3, -0.25) is 14.5 Å². The van der Waals surface area contributed by atoms with Crippen LogP contribution in [0.5, 0.6) is 0 Å². The Labute approximate surface area is 183 Å². The molecule has 2 N–H and O–H groups in total. The lowest BCUT2D eigenvalue weighted by atomic mass is 10.1. The van der Waals surface area contributed by atoms with E-state index >= 15 is 0 Å². The number of fused-ring (bicyclic) bond motifs is 1. The fourth-order valence-corrected chi connectivity index (χ4v) is 4.08. The van der Waals surface area contributed by atoms with Crippen LogP contribution in [0.3, 0.4) is 0 Å². The first-order valence-corrected chi connectivity index (χ1v) is 10.7. The van der Waals surface area contributed by atoms with Crippen LogP contribution in [0.4, 0.5) is 21.9 Å². The van der Waals surface area contributed by atoms with E-state index in [9.17, 15) is 14.4 Å². The maximum atomic E-state index is 12.7. The van der Waals surface area contributed by atoms with Gasteiger partial charge in [0.1, 0.15) is 5.03 Å². The number of nitrogens with zero attached hydrogens (tertiary/aromatic N) is 2. The van der Waals surface area contributed by atoms with Crippen molar-refractivity contribution in [1.82, 2.24) is 4.98 Å². The molecule has 0 aliphatic carbocycles. The normalized spacial score (nSPS) is 12.6. The van der Waals surface area contributed by atoms with Crippen molar-refractivity contribution >= 4 is 46.5 Å². The number of carbonyl (C=O) groups excluding carboxylic acids is 3. The maximum absolute atomic E-state index is 12.7. The van der Waals surface area contributed by atoms with E-state index in [-0.39, 0.29) is 17.7 Å². The molecule has 1 aromatic heterocycles. The summed E-state index contributed by atoms with van der Waals surface area (Å²) >= 11 is 1.63. The van der Waals surface area contributed by atoms with Gasteiger partial charge in [-0.05, 0) is 67.6 Å². The number of nitrogens with one attached hydrogen (secondary N) is 2. The SMILES string of the molecule is CC(=O)c1ccc(NC(=O)c2ccc(NC(=O)N3CCSc4ncccc43)cc2)cc1. The van der Waals surface area contributed by atoms with Gasteiger partial charge in [0.05, 0.1) is 5.69 Å². The molecule has 1 aliphatic heterocycles. The molecule has 4 rings (SSSR count). The van der Waals surface area contributed by atoms with Crippen LogP contribution in [0.1, 0.15) is 27.6 Å². The van der Waals surface area contributed by atoms with Crippen molar-refractivity contribution in [3.05, 3.63) is 78.0 Å². The van der Waals surface area contributed by atoms with Gasteiger partial charge in [-0.15, -0.1) is 11.8 Å². The van der Waals surface area contributed by atoms with E-state index in [1.807, 2.05) is 12.1 Å². The largest absolute Gasteiger partial charge is 0.326 e. The highest BCUT2D eigenvalue weighted by molar-refractivity contribution is 7.99. The lowest BCUT2D eigenvalue weighted by Gasteiger charge is -2.28. The molecule has 0 radical (unpaired) electrons. The predicted octanol–water partition coefficient (Wildman–Crippen LogP) is 4.68. The molecule has 156 valence electrons. The molecule has 3 aromatic rings. The van der Waals surface area contributed by atoms with E-state index in [1.165, 1.54) is 6.92 Å². The number of thioether (sulfide) groups is 1. The van der Waals surface area contributed by atoms with E-state index in [2.05, 4.69) is 15.6 Å². The molecule has 2 heterocycles. The summed E-state index contributed by atoms with van der Waals surface area (Å²) in [5, 5.41) is 6.50. The van der Waals surface area contributed by atoms with Crippen LogP contribution in [-0.2, 0) is 0 Å². The van der Waals surface area contributed by atoms with E-state index < -0.39 is 0 Å². The van der Waals surface area contributed by atoms with Gasteiger partial charge in [0, 0.05) is 41.0 Å². The van der Waals surface area contributed by atoms with Crippen molar-refractivity contribution < 1.29 is 14.4 Å². The molecule has 2 aromatic carbocycles. The number of urea groups is 1. The second kappa shape index (κ2) is 9.01. The topological polar surface area (TPSA) is 91.4 Å². The number of hydrogen-bond donors (Lipinski definition) is 2. The second-order valence-electron chi connectivity index (χ2n) is 6.92. The molecule has 0 spiro atoms.